The van der Waals surface area contributed by atoms with Gasteiger partial charge < -0.3 is 16.6 Å². The average Bonchev–Trinajstić information content (AvgIpc) is 1.82. The van der Waals surface area contributed by atoms with Gasteiger partial charge in [0.05, 0.1) is 6.42 Å². The maximum atomic E-state index is 10.1. The van der Waals surface area contributed by atoms with E-state index < -0.39 is 17.9 Å². The fourth-order valence-electron chi connectivity index (χ4n) is 0.488. The van der Waals surface area contributed by atoms with Crippen LogP contribution >= 0.6 is 0 Å². The lowest BCUT2D eigenvalue weighted by Gasteiger charge is -1.99. The Hall–Kier alpha value is -1.36. The second-order valence-corrected chi connectivity index (χ2v) is 2.02. The van der Waals surface area contributed by atoms with Crippen LogP contribution in [0.1, 0.15) is 6.42 Å². The van der Waals surface area contributed by atoms with Crippen molar-refractivity contribution in [1.82, 2.24) is 0 Å². The van der Waals surface area contributed by atoms with Crippen molar-refractivity contribution in [3.63, 3.8) is 0 Å². The molecule has 0 aromatic carbocycles. The van der Waals surface area contributed by atoms with Crippen molar-refractivity contribution in [2.75, 3.05) is 0 Å². The van der Waals surface area contributed by atoms with Gasteiger partial charge in [0.25, 0.3) is 0 Å². The molecule has 0 heterocycles. The van der Waals surface area contributed by atoms with Gasteiger partial charge in [0, 0.05) is 12.1 Å². The molecule has 62 valence electrons. The monoisotopic (exact) mass is 158 g/mol. The van der Waals surface area contributed by atoms with E-state index in [9.17, 15) is 9.59 Å². The minimum absolute atomic E-state index is 0.205. The van der Waals surface area contributed by atoms with E-state index in [1.54, 1.807) is 0 Å². The predicted molar refractivity (Wildman–Crippen MR) is 38.6 cm³/mol. The Balaban J connectivity index is 3.77. The van der Waals surface area contributed by atoms with Gasteiger partial charge in [0.15, 0.2) is 0 Å². The highest BCUT2D eigenvalue weighted by molar-refractivity contribution is 5.85. The van der Waals surface area contributed by atoms with Gasteiger partial charge >= 0.3 is 5.97 Å². The van der Waals surface area contributed by atoms with Crippen LogP contribution in [0.15, 0.2) is 12.2 Å². The Morgan fingerprint density at radius 2 is 2.09 bits per heavy atom. The van der Waals surface area contributed by atoms with Gasteiger partial charge in [-0.2, -0.15) is 0 Å². The molecule has 0 aliphatic heterocycles. The zero-order valence-corrected chi connectivity index (χ0v) is 5.86. The number of carbonyl (C=O) groups excluding carboxylic acids is 1. The second-order valence-electron chi connectivity index (χ2n) is 2.02. The molecule has 0 aliphatic rings. The summed E-state index contributed by atoms with van der Waals surface area (Å²) in [6.07, 6.45) is 2.10. The molecule has 0 fully saturated rings. The molecule has 5 nitrogen and oxygen atoms in total. The summed E-state index contributed by atoms with van der Waals surface area (Å²) in [5, 5.41) is 8.22. The number of hydrogen-bond donors (Lipinski definition) is 3. The number of amides is 1. The third-order valence-electron chi connectivity index (χ3n) is 0.918. The van der Waals surface area contributed by atoms with Gasteiger partial charge in [0.1, 0.15) is 0 Å². The van der Waals surface area contributed by atoms with Crippen molar-refractivity contribution in [1.29, 1.82) is 0 Å². The first kappa shape index (κ1) is 9.64. The van der Waals surface area contributed by atoms with Crippen LogP contribution < -0.4 is 11.5 Å². The molecule has 0 aromatic rings. The molecule has 11 heavy (non-hydrogen) atoms. The van der Waals surface area contributed by atoms with Gasteiger partial charge in [-0.25, -0.2) is 0 Å². The Bertz CT molecular complexity index is 188. The number of hydrogen-bond acceptors (Lipinski definition) is 3. The van der Waals surface area contributed by atoms with Crippen LogP contribution in [-0.2, 0) is 9.59 Å². The highest BCUT2D eigenvalue weighted by atomic mass is 16.4. The lowest BCUT2D eigenvalue weighted by Crippen LogP contribution is -2.21. The van der Waals surface area contributed by atoms with E-state index in [2.05, 4.69) is 0 Å². The average molecular weight is 158 g/mol. The fraction of sp³-hybridized carbons (Fsp3) is 0.333. The van der Waals surface area contributed by atoms with Crippen LogP contribution in [-0.4, -0.2) is 23.0 Å². The Labute approximate surface area is 63.7 Å². The van der Waals surface area contributed by atoms with Crippen molar-refractivity contribution in [3.8, 4) is 0 Å². The van der Waals surface area contributed by atoms with Crippen molar-refractivity contribution >= 4 is 11.9 Å². The molecule has 0 radical (unpaired) electrons. The first-order valence-electron chi connectivity index (χ1n) is 2.97. The molecule has 0 saturated heterocycles. The summed E-state index contributed by atoms with van der Waals surface area (Å²) in [6.45, 7) is 0. The number of carboxylic acid groups (broad SMARTS) is 1. The number of aliphatic carboxylic acids is 1. The topological polar surface area (TPSA) is 106 Å². The van der Waals surface area contributed by atoms with Crippen LogP contribution in [0.2, 0.25) is 0 Å². The molecule has 0 aliphatic carbocycles. The second kappa shape index (κ2) is 4.45. The summed E-state index contributed by atoms with van der Waals surface area (Å²) >= 11 is 0. The molecule has 0 saturated carbocycles. The highest BCUT2D eigenvalue weighted by Gasteiger charge is 2.03. The first-order valence-corrected chi connectivity index (χ1v) is 2.97. The predicted octanol–water partition coefficient (Wildman–Crippen LogP) is -1.17. The van der Waals surface area contributed by atoms with Crippen LogP contribution in [0.25, 0.3) is 0 Å². The summed E-state index contributed by atoms with van der Waals surface area (Å²) < 4.78 is 0. The van der Waals surface area contributed by atoms with Crippen LogP contribution in [0.4, 0.5) is 0 Å². The van der Waals surface area contributed by atoms with Gasteiger partial charge in [-0.15, -0.1) is 0 Å². The zero-order chi connectivity index (χ0) is 8.85. The van der Waals surface area contributed by atoms with Crippen LogP contribution in [0.3, 0.4) is 0 Å². The van der Waals surface area contributed by atoms with E-state index in [4.69, 9.17) is 16.6 Å². The molecule has 5 heteroatoms. The largest absolute Gasteiger partial charge is 0.481 e. The van der Waals surface area contributed by atoms with Crippen molar-refractivity contribution in [2.45, 2.75) is 12.5 Å². The fourth-order valence-corrected chi connectivity index (χ4v) is 0.488. The molecule has 0 bridgehead atoms. The molecular weight excluding hydrogens is 148 g/mol. The number of nitrogens with two attached hydrogens (primary N) is 2. The Morgan fingerprint density at radius 3 is 2.45 bits per heavy atom. The molecule has 0 spiro atoms. The summed E-state index contributed by atoms with van der Waals surface area (Å²) in [4.78, 5) is 20.1. The van der Waals surface area contributed by atoms with Gasteiger partial charge in [-0.1, -0.05) is 6.08 Å². The summed E-state index contributed by atoms with van der Waals surface area (Å²) in [7, 11) is 0. The van der Waals surface area contributed by atoms with Crippen molar-refractivity contribution in [2.24, 2.45) is 11.5 Å². The maximum absolute atomic E-state index is 10.1. The Morgan fingerprint density at radius 1 is 1.55 bits per heavy atom. The maximum Gasteiger partial charge on any atom is 0.305 e. The third-order valence-corrected chi connectivity index (χ3v) is 0.918. The Kier molecular flexibility index (Phi) is 3.90. The smallest absolute Gasteiger partial charge is 0.305 e. The molecular formula is C6H10N2O3. The van der Waals surface area contributed by atoms with Crippen LogP contribution in [0, 0.1) is 0 Å². The van der Waals surface area contributed by atoms with Gasteiger partial charge in [-0.05, 0) is 0 Å². The lowest BCUT2D eigenvalue weighted by molar-refractivity contribution is -0.137. The molecule has 0 rings (SSSR count). The molecule has 0 aromatic heterocycles. The molecule has 5 N–H and O–H groups in total. The van der Waals surface area contributed by atoms with Crippen molar-refractivity contribution in [3.05, 3.63) is 12.2 Å². The summed E-state index contributed by atoms with van der Waals surface area (Å²) in [5.41, 5.74) is 9.99. The standard InChI is InChI=1S/C6H10N2O3/c7-4(3-6(10)11)1-2-5(8)9/h1-2,4H,3,7H2,(H2,8,9)(H,10,11). The molecule has 1 amide bonds. The number of carbonyl (C=O) groups is 2. The van der Waals surface area contributed by atoms with E-state index in [1.165, 1.54) is 6.08 Å². The van der Waals surface area contributed by atoms with E-state index in [1.807, 2.05) is 0 Å². The quantitative estimate of drug-likeness (QED) is 0.448. The first-order chi connectivity index (χ1) is 5.02. The minimum Gasteiger partial charge on any atom is -0.481 e. The summed E-state index contributed by atoms with van der Waals surface area (Å²) in [6, 6.07) is -0.653. The van der Waals surface area contributed by atoms with Gasteiger partial charge in [-0.3, -0.25) is 9.59 Å². The number of rotatable bonds is 4. The number of primary amides is 1. The SMILES string of the molecule is NC(=O)C=CC(N)CC(=O)O. The van der Waals surface area contributed by atoms with E-state index in [0.717, 1.165) is 6.08 Å². The third kappa shape index (κ3) is 6.53. The van der Waals surface area contributed by atoms with Crippen molar-refractivity contribution < 1.29 is 14.7 Å². The van der Waals surface area contributed by atoms with E-state index >= 15 is 0 Å². The zero-order valence-electron chi connectivity index (χ0n) is 5.86. The van der Waals surface area contributed by atoms with Crippen LogP contribution in [0.5, 0.6) is 0 Å². The number of carboxylic acids is 1. The van der Waals surface area contributed by atoms with Gasteiger partial charge in [0.2, 0.25) is 5.91 Å². The highest BCUT2D eigenvalue weighted by Crippen LogP contribution is 1.89. The minimum atomic E-state index is -1.01. The normalized spacial score (nSPS) is 13.2. The lowest BCUT2D eigenvalue weighted by atomic mass is 10.2. The molecule has 1 atom stereocenters. The summed E-state index contributed by atoms with van der Waals surface area (Å²) in [5.74, 6) is -1.64. The molecule has 1 unspecified atom stereocenters. The van der Waals surface area contributed by atoms with E-state index in [-0.39, 0.29) is 6.42 Å². The van der Waals surface area contributed by atoms with E-state index in [0.29, 0.717) is 0 Å².